The standard InChI is InChI=1S/C15H22N2/c1-12(2)9-13(3)17-11-15(10-16)14-7-5-4-6-8-14/h4-8,12-13,15,17H,9,11H2,1-3H3. The monoisotopic (exact) mass is 230 g/mol. The van der Waals surface area contributed by atoms with E-state index in [1.807, 2.05) is 30.3 Å². The van der Waals surface area contributed by atoms with Crippen molar-refractivity contribution >= 4 is 0 Å². The van der Waals surface area contributed by atoms with E-state index in [-0.39, 0.29) is 5.92 Å². The molecule has 0 aliphatic heterocycles. The maximum atomic E-state index is 9.18. The summed E-state index contributed by atoms with van der Waals surface area (Å²) in [6.07, 6.45) is 1.15. The van der Waals surface area contributed by atoms with Crippen molar-refractivity contribution < 1.29 is 0 Å². The third kappa shape index (κ3) is 5.01. The first-order valence-electron chi connectivity index (χ1n) is 6.31. The van der Waals surface area contributed by atoms with Gasteiger partial charge in [0, 0.05) is 12.6 Å². The van der Waals surface area contributed by atoms with Crippen LogP contribution in [0.3, 0.4) is 0 Å². The lowest BCUT2D eigenvalue weighted by molar-refractivity contribution is 0.439. The number of nitriles is 1. The molecule has 0 spiro atoms. The molecule has 2 atom stereocenters. The van der Waals surface area contributed by atoms with Gasteiger partial charge in [0.05, 0.1) is 12.0 Å². The van der Waals surface area contributed by atoms with Crippen LogP contribution in [-0.2, 0) is 0 Å². The maximum absolute atomic E-state index is 9.18. The SMILES string of the molecule is CC(C)CC(C)NCC(C#N)c1ccccc1. The van der Waals surface area contributed by atoms with Gasteiger partial charge in [-0.2, -0.15) is 5.26 Å². The summed E-state index contributed by atoms with van der Waals surface area (Å²) < 4.78 is 0. The number of hydrogen-bond donors (Lipinski definition) is 1. The van der Waals surface area contributed by atoms with E-state index in [2.05, 4.69) is 32.2 Å². The Balaban J connectivity index is 2.47. The second kappa shape index (κ2) is 7.09. The molecule has 0 aliphatic rings. The molecule has 0 saturated heterocycles. The van der Waals surface area contributed by atoms with Crippen molar-refractivity contribution in [3.05, 3.63) is 35.9 Å². The fourth-order valence-corrected chi connectivity index (χ4v) is 2.03. The van der Waals surface area contributed by atoms with Crippen molar-refractivity contribution in [3.63, 3.8) is 0 Å². The van der Waals surface area contributed by atoms with Gasteiger partial charge in [-0.25, -0.2) is 0 Å². The van der Waals surface area contributed by atoms with Crippen molar-refractivity contribution in [2.75, 3.05) is 6.54 Å². The third-order valence-electron chi connectivity index (χ3n) is 2.85. The van der Waals surface area contributed by atoms with E-state index in [4.69, 9.17) is 0 Å². The van der Waals surface area contributed by atoms with Gasteiger partial charge >= 0.3 is 0 Å². The fourth-order valence-electron chi connectivity index (χ4n) is 2.03. The van der Waals surface area contributed by atoms with Gasteiger partial charge in [-0.15, -0.1) is 0 Å². The van der Waals surface area contributed by atoms with Gasteiger partial charge in [-0.05, 0) is 24.8 Å². The number of nitrogens with zero attached hydrogens (tertiary/aromatic N) is 1. The van der Waals surface area contributed by atoms with Gasteiger partial charge in [-0.3, -0.25) is 0 Å². The summed E-state index contributed by atoms with van der Waals surface area (Å²) in [6, 6.07) is 12.8. The van der Waals surface area contributed by atoms with Gasteiger partial charge in [0.25, 0.3) is 0 Å². The lowest BCUT2D eigenvalue weighted by Crippen LogP contribution is -2.31. The molecule has 17 heavy (non-hydrogen) atoms. The molecule has 0 fully saturated rings. The molecule has 1 aromatic carbocycles. The Bertz CT molecular complexity index is 351. The van der Waals surface area contributed by atoms with Crippen LogP contribution in [0.1, 0.15) is 38.7 Å². The molecule has 0 amide bonds. The minimum absolute atomic E-state index is 0.0502. The molecule has 1 N–H and O–H groups in total. The summed E-state index contributed by atoms with van der Waals surface area (Å²) in [7, 11) is 0. The Morgan fingerprint density at radius 3 is 2.35 bits per heavy atom. The van der Waals surface area contributed by atoms with Crippen molar-refractivity contribution in [3.8, 4) is 6.07 Å². The fraction of sp³-hybridized carbons (Fsp3) is 0.533. The van der Waals surface area contributed by atoms with E-state index < -0.39 is 0 Å². The van der Waals surface area contributed by atoms with E-state index in [1.165, 1.54) is 0 Å². The van der Waals surface area contributed by atoms with Crippen LogP contribution in [0.4, 0.5) is 0 Å². The first kappa shape index (κ1) is 13.7. The van der Waals surface area contributed by atoms with E-state index in [0.717, 1.165) is 18.5 Å². The summed E-state index contributed by atoms with van der Waals surface area (Å²) in [5, 5.41) is 12.6. The number of benzene rings is 1. The Hall–Kier alpha value is -1.33. The molecular weight excluding hydrogens is 208 g/mol. The molecule has 2 heteroatoms. The number of hydrogen-bond acceptors (Lipinski definition) is 2. The minimum atomic E-state index is -0.0502. The smallest absolute Gasteiger partial charge is 0.0837 e. The van der Waals surface area contributed by atoms with Gasteiger partial charge in [-0.1, -0.05) is 44.2 Å². The van der Waals surface area contributed by atoms with Gasteiger partial charge in [0.2, 0.25) is 0 Å². The Morgan fingerprint density at radius 2 is 1.82 bits per heavy atom. The van der Waals surface area contributed by atoms with Crippen LogP contribution in [0.15, 0.2) is 30.3 Å². The Labute approximate surface area is 105 Å². The predicted molar refractivity (Wildman–Crippen MR) is 71.7 cm³/mol. The lowest BCUT2D eigenvalue weighted by atomic mass is 9.99. The highest BCUT2D eigenvalue weighted by Gasteiger charge is 2.12. The molecule has 0 aliphatic carbocycles. The minimum Gasteiger partial charge on any atom is -0.313 e. The molecule has 2 unspecified atom stereocenters. The van der Waals surface area contributed by atoms with Gasteiger partial charge < -0.3 is 5.32 Å². The maximum Gasteiger partial charge on any atom is 0.0837 e. The summed E-state index contributed by atoms with van der Waals surface area (Å²) in [5.41, 5.74) is 1.10. The van der Waals surface area contributed by atoms with Crippen LogP contribution >= 0.6 is 0 Å². The molecule has 0 aromatic heterocycles. The van der Waals surface area contributed by atoms with E-state index in [0.29, 0.717) is 12.0 Å². The van der Waals surface area contributed by atoms with Crippen molar-refractivity contribution in [1.82, 2.24) is 5.32 Å². The van der Waals surface area contributed by atoms with Gasteiger partial charge in [0.1, 0.15) is 0 Å². The van der Waals surface area contributed by atoms with E-state index in [1.54, 1.807) is 0 Å². The lowest BCUT2D eigenvalue weighted by Gasteiger charge is -2.18. The zero-order valence-electron chi connectivity index (χ0n) is 11.0. The van der Waals surface area contributed by atoms with Crippen molar-refractivity contribution in [2.24, 2.45) is 5.92 Å². The Morgan fingerprint density at radius 1 is 1.18 bits per heavy atom. The molecular formula is C15H22N2. The van der Waals surface area contributed by atoms with E-state index in [9.17, 15) is 5.26 Å². The average Bonchev–Trinajstić information content (AvgIpc) is 2.30. The quantitative estimate of drug-likeness (QED) is 0.813. The third-order valence-corrected chi connectivity index (χ3v) is 2.85. The number of rotatable bonds is 6. The van der Waals surface area contributed by atoms with Crippen LogP contribution in [0.5, 0.6) is 0 Å². The van der Waals surface area contributed by atoms with Crippen LogP contribution in [0.2, 0.25) is 0 Å². The molecule has 1 rings (SSSR count). The summed E-state index contributed by atoms with van der Waals surface area (Å²) in [4.78, 5) is 0. The molecule has 92 valence electrons. The highest BCUT2D eigenvalue weighted by molar-refractivity contribution is 5.25. The van der Waals surface area contributed by atoms with Crippen LogP contribution in [0.25, 0.3) is 0 Å². The normalized spacial score (nSPS) is 14.3. The highest BCUT2D eigenvalue weighted by Crippen LogP contribution is 2.14. The molecule has 2 nitrogen and oxygen atoms in total. The molecule has 0 radical (unpaired) electrons. The first-order chi connectivity index (χ1) is 8.13. The van der Waals surface area contributed by atoms with Gasteiger partial charge in [0.15, 0.2) is 0 Å². The second-order valence-electron chi connectivity index (χ2n) is 5.03. The molecule has 1 aromatic rings. The number of nitrogens with one attached hydrogen (secondary N) is 1. The Kier molecular flexibility index (Phi) is 5.72. The zero-order chi connectivity index (χ0) is 12.7. The van der Waals surface area contributed by atoms with Crippen LogP contribution < -0.4 is 5.32 Å². The largest absolute Gasteiger partial charge is 0.313 e. The summed E-state index contributed by atoms with van der Waals surface area (Å²) in [5.74, 6) is 0.639. The van der Waals surface area contributed by atoms with Crippen molar-refractivity contribution in [1.29, 1.82) is 5.26 Å². The summed E-state index contributed by atoms with van der Waals surface area (Å²) >= 11 is 0. The molecule has 0 bridgehead atoms. The zero-order valence-corrected chi connectivity index (χ0v) is 11.0. The highest BCUT2D eigenvalue weighted by atomic mass is 14.9. The average molecular weight is 230 g/mol. The van der Waals surface area contributed by atoms with E-state index >= 15 is 0 Å². The van der Waals surface area contributed by atoms with Crippen LogP contribution in [0, 0.1) is 17.2 Å². The first-order valence-corrected chi connectivity index (χ1v) is 6.31. The van der Waals surface area contributed by atoms with Crippen LogP contribution in [-0.4, -0.2) is 12.6 Å². The topological polar surface area (TPSA) is 35.8 Å². The molecule has 0 saturated carbocycles. The predicted octanol–water partition coefficient (Wildman–Crippen LogP) is 3.32. The second-order valence-corrected chi connectivity index (χ2v) is 5.03. The van der Waals surface area contributed by atoms with Crippen molar-refractivity contribution in [2.45, 2.75) is 39.2 Å². The summed E-state index contributed by atoms with van der Waals surface area (Å²) in [6.45, 7) is 7.35. The molecule has 0 heterocycles.